The van der Waals surface area contributed by atoms with Crippen LogP contribution < -0.4 is 5.32 Å². The second-order valence-corrected chi connectivity index (χ2v) is 10.3. The van der Waals surface area contributed by atoms with Gasteiger partial charge in [-0.15, -0.1) is 0 Å². The molecule has 7 nitrogen and oxygen atoms in total. The molecule has 0 bridgehead atoms. The molecular formula is C26H24FN3O4S. The standard InChI is InChI=1S/C26H24FN3O4S/c27-25-22(5-3-13-28-25)23-17-30(24-6-2-1-4-21(23)24)35(32,33)20-9-7-19(8-10-20)26(31)29-16-18-11-14-34-15-12-18/h1-10,13,17-18H,11-12,14-16H2,(H,29,31). The zero-order valence-corrected chi connectivity index (χ0v) is 19.7. The fourth-order valence-corrected chi connectivity index (χ4v) is 5.70. The molecule has 0 aliphatic carbocycles. The Morgan fingerprint density at radius 2 is 1.77 bits per heavy atom. The lowest BCUT2D eigenvalue weighted by Gasteiger charge is -2.22. The third-order valence-electron chi connectivity index (χ3n) is 6.29. The van der Waals surface area contributed by atoms with Crippen molar-refractivity contribution in [1.29, 1.82) is 0 Å². The van der Waals surface area contributed by atoms with Crippen LogP contribution in [0.2, 0.25) is 0 Å². The number of fused-ring (bicyclic) bond motifs is 1. The van der Waals surface area contributed by atoms with E-state index in [1.807, 2.05) is 0 Å². The zero-order valence-electron chi connectivity index (χ0n) is 18.9. The summed E-state index contributed by atoms with van der Waals surface area (Å²) < 4.78 is 48.0. The van der Waals surface area contributed by atoms with Gasteiger partial charge in [-0.1, -0.05) is 18.2 Å². The maximum Gasteiger partial charge on any atom is 0.268 e. The largest absolute Gasteiger partial charge is 0.381 e. The van der Waals surface area contributed by atoms with E-state index in [2.05, 4.69) is 10.3 Å². The van der Waals surface area contributed by atoms with Gasteiger partial charge in [0.1, 0.15) is 0 Å². The number of benzene rings is 2. The molecule has 0 spiro atoms. The van der Waals surface area contributed by atoms with E-state index in [0.717, 1.165) is 16.8 Å². The number of hydrogen-bond acceptors (Lipinski definition) is 5. The third kappa shape index (κ3) is 4.56. The van der Waals surface area contributed by atoms with Gasteiger partial charge >= 0.3 is 0 Å². The fraction of sp³-hybridized carbons (Fsp3) is 0.231. The lowest BCUT2D eigenvalue weighted by atomic mass is 10.0. The SMILES string of the molecule is O=C(NCC1CCOCC1)c1ccc(S(=O)(=O)n2cc(-c3cccnc3F)c3ccccc32)cc1. The van der Waals surface area contributed by atoms with Gasteiger partial charge in [-0.25, -0.2) is 17.4 Å². The molecule has 3 heterocycles. The number of pyridine rings is 1. The lowest BCUT2D eigenvalue weighted by molar-refractivity contribution is 0.0642. The first kappa shape index (κ1) is 23.2. The van der Waals surface area contributed by atoms with Gasteiger partial charge in [-0.2, -0.15) is 4.39 Å². The van der Waals surface area contributed by atoms with Crippen LogP contribution in [-0.4, -0.2) is 43.0 Å². The summed E-state index contributed by atoms with van der Waals surface area (Å²) in [7, 11) is -4.01. The first-order valence-electron chi connectivity index (χ1n) is 11.4. The van der Waals surface area contributed by atoms with Gasteiger partial charge < -0.3 is 10.1 Å². The maximum atomic E-state index is 14.4. The minimum Gasteiger partial charge on any atom is -0.381 e. The summed E-state index contributed by atoms with van der Waals surface area (Å²) in [6.45, 7) is 1.97. The number of hydrogen-bond donors (Lipinski definition) is 1. The summed E-state index contributed by atoms with van der Waals surface area (Å²) in [5, 5.41) is 3.51. The molecular weight excluding hydrogens is 469 g/mol. The predicted molar refractivity (Wildman–Crippen MR) is 130 cm³/mol. The monoisotopic (exact) mass is 493 g/mol. The normalized spacial score (nSPS) is 14.8. The molecule has 1 N–H and O–H groups in total. The number of para-hydroxylation sites is 1. The zero-order chi connectivity index (χ0) is 24.4. The van der Waals surface area contributed by atoms with E-state index in [1.54, 1.807) is 36.4 Å². The van der Waals surface area contributed by atoms with E-state index in [0.29, 0.717) is 47.7 Å². The van der Waals surface area contributed by atoms with E-state index in [4.69, 9.17) is 4.74 Å². The molecule has 1 fully saturated rings. The Balaban J connectivity index is 1.43. The van der Waals surface area contributed by atoms with Crippen molar-refractivity contribution in [3.63, 3.8) is 0 Å². The van der Waals surface area contributed by atoms with Crippen LogP contribution in [0.4, 0.5) is 4.39 Å². The van der Waals surface area contributed by atoms with Crippen molar-refractivity contribution in [3.8, 4) is 11.1 Å². The summed E-state index contributed by atoms with van der Waals surface area (Å²) in [6, 6.07) is 15.9. The highest BCUT2D eigenvalue weighted by atomic mass is 32.2. The number of carbonyl (C=O) groups excluding carboxylic acids is 1. The number of halogens is 1. The molecule has 1 aliphatic rings. The highest BCUT2D eigenvalue weighted by molar-refractivity contribution is 7.90. The second kappa shape index (κ2) is 9.59. The van der Waals surface area contributed by atoms with Crippen molar-refractivity contribution in [2.45, 2.75) is 17.7 Å². The van der Waals surface area contributed by atoms with Gasteiger partial charge in [0.05, 0.1) is 10.4 Å². The summed E-state index contributed by atoms with van der Waals surface area (Å²) >= 11 is 0. The minimum atomic E-state index is -4.01. The average Bonchev–Trinajstić information content (AvgIpc) is 3.29. The molecule has 0 atom stereocenters. The predicted octanol–water partition coefficient (Wildman–Crippen LogP) is 4.24. The van der Waals surface area contributed by atoms with E-state index < -0.39 is 16.0 Å². The van der Waals surface area contributed by atoms with Crippen molar-refractivity contribution in [2.75, 3.05) is 19.8 Å². The minimum absolute atomic E-state index is 0.0254. The van der Waals surface area contributed by atoms with Crippen molar-refractivity contribution >= 4 is 26.8 Å². The molecule has 0 radical (unpaired) electrons. The van der Waals surface area contributed by atoms with E-state index in [1.165, 1.54) is 36.7 Å². The topological polar surface area (TPSA) is 90.3 Å². The summed E-state index contributed by atoms with van der Waals surface area (Å²) in [5.74, 6) is -0.543. The molecule has 1 saturated heterocycles. The molecule has 9 heteroatoms. The first-order chi connectivity index (χ1) is 16.9. The van der Waals surface area contributed by atoms with Crippen LogP contribution in [0, 0.1) is 11.9 Å². The fourth-order valence-electron chi connectivity index (χ4n) is 4.33. The van der Waals surface area contributed by atoms with Crippen LogP contribution in [0.3, 0.4) is 0 Å². The number of ether oxygens (including phenoxy) is 1. The summed E-state index contributed by atoms with van der Waals surface area (Å²) in [6.07, 6.45) is 4.57. The number of amides is 1. The highest BCUT2D eigenvalue weighted by Gasteiger charge is 2.23. The van der Waals surface area contributed by atoms with Crippen molar-refractivity contribution in [1.82, 2.24) is 14.3 Å². The van der Waals surface area contributed by atoms with Crippen molar-refractivity contribution in [2.24, 2.45) is 5.92 Å². The number of aromatic nitrogens is 2. The Morgan fingerprint density at radius 1 is 1.03 bits per heavy atom. The number of nitrogens with one attached hydrogen (secondary N) is 1. The lowest BCUT2D eigenvalue weighted by Crippen LogP contribution is -2.32. The molecule has 0 unspecified atom stereocenters. The summed E-state index contributed by atoms with van der Waals surface area (Å²) in [5.41, 5.74) is 1.45. The summed E-state index contributed by atoms with van der Waals surface area (Å²) in [4.78, 5) is 16.3. The van der Waals surface area contributed by atoms with Crippen LogP contribution in [0.5, 0.6) is 0 Å². The first-order valence-corrected chi connectivity index (χ1v) is 12.8. The van der Waals surface area contributed by atoms with Gasteiger partial charge in [-0.05, 0) is 61.2 Å². The van der Waals surface area contributed by atoms with Gasteiger partial charge in [0.25, 0.3) is 15.9 Å². The van der Waals surface area contributed by atoms with E-state index in [9.17, 15) is 17.6 Å². The molecule has 0 saturated carbocycles. The Bertz CT molecular complexity index is 1480. The molecule has 1 aliphatic heterocycles. The molecule has 5 rings (SSSR count). The van der Waals surface area contributed by atoms with Gasteiger partial charge in [-0.3, -0.25) is 4.79 Å². The van der Waals surface area contributed by atoms with Crippen LogP contribution in [0.1, 0.15) is 23.2 Å². The average molecular weight is 494 g/mol. The second-order valence-electron chi connectivity index (χ2n) is 8.49. The highest BCUT2D eigenvalue weighted by Crippen LogP contribution is 2.33. The molecule has 4 aromatic rings. The Hall–Kier alpha value is -3.56. The van der Waals surface area contributed by atoms with E-state index >= 15 is 0 Å². The molecule has 1 amide bonds. The Labute approximate surface area is 202 Å². The van der Waals surface area contributed by atoms with Crippen LogP contribution >= 0.6 is 0 Å². The van der Waals surface area contributed by atoms with E-state index in [-0.39, 0.29) is 16.4 Å². The quantitative estimate of drug-likeness (QED) is 0.406. The number of nitrogens with zero attached hydrogens (tertiary/aromatic N) is 2. The van der Waals surface area contributed by atoms with Gasteiger partial charge in [0, 0.05) is 54.2 Å². The molecule has 180 valence electrons. The molecule has 35 heavy (non-hydrogen) atoms. The maximum absolute atomic E-state index is 14.4. The molecule has 2 aromatic carbocycles. The van der Waals surface area contributed by atoms with Crippen LogP contribution in [0.15, 0.2) is 78.0 Å². The molecule has 2 aromatic heterocycles. The van der Waals surface area contributed by atoms with Gasteiger partial charge in [0.15, 0.2) is 0 Å². The number of carbonyl (C=O) groups is 1. The van der Waals surface area contributed by atoms with Crippen molar-refractivity contribution in [3.05, 3.63) is 84.6 Å². The smallest absolute Gasteiger partial charge is 0.268 e. The van der Waals surface area contributed by atoms with Crippen LogP contribution in [0.25, 0.3) is 22.0 Å². The third-order valence-corrected chi connectivity index (χ3v) is 7.98. The van der Waals surface area contributed by atoms with Crippen LogP contribution in [-0.2, 0) is 14.8 Å². The Kier molecular flexibility index (Phi) is 6.36. The number of rotatable bonds is 6. The van der Waals surface area contributed by atoms with Crippen molar-refractivity contribution < 1.29 is 22.3 Å². The Morgan fingerprint density at radius 3 is 2.51 bits per heavy atom. The van der Waals surface area contributed by atoms with Gasteiger partial charge in [0.2, 0.25) is 5.95 Å².